The lowest BCUT2D eigenvalue weighted by molar-refractivity contribution is 0.100. The van der Waals surface area contributed by atoms with Crippen LogP contribution in [0.4, 0.5) is 5.69 Å². The molecule has 5 N–H and O–H groups in total. The Morgan fingerprint density at radius 1 is 1.15 bits per heavy atom. The van der Waals surface area contributed by atoms with Gasteiger partial charge in [0.25, 0.3) is 5.91 Å². The minimum Gasteiger partial charge on any atom is -0.399 e. The van der Waals surface area contributed by atoms with Crippen molar-refractivity contribution < 1.29 is 4.79 Å². The van der Waals surface area contributed by atoms with Crippen LogP contribution >= 0.6 is 0 Å². The summed E-state index contributed by atoms with van der Waals surface area (Å²) in [5.41, 5.74) is 16.3. The molecule has 0 aliphatic rings. The predicted octanol–water partition coefficient (Wildman–Crippen LogP) is 2.82. The first-order valence-electron chi connectivity index (χ1n) is 6.34. The van der Waals surface area contributed by atoms with Crippen LogP contribution in [-0.4, -0.2) is 10.9 Å². The zero-order chi connectivity index (χ0) is 14.3. The average molecular weight is 265 g/mol. The number of aromatic nitrogens is 1. The SMILES string of the molecule is Cc1cc2c(-c3cccc(N)c3)ccc(C(N)=O)c2[nH]1. The summed E-state index contributed by atoms with van der Waals surface area (Å²) in [6, 6.07) is 13.3. The standard InChI is InChI=1S/C16H15N3O/c1-9-7-14-12(10-3-2-4-11(17)8-10)5-6-13(16(18)20)15(14)19-9/h2-8,19H,17H2,1H3,(H2,18,20). The fourth-order valence-electron chi connectivity index (χ4n) is 2.52. The van der Waals surface area contributed by atoms with E-state index in [0.717, 1.165) is 27.7 Å². The van der Waals surface area contributed by atoms with Gasteiger partial charge in [-0.1, -0.05) is 18.2 Å². The Kier molecular flexibility index (Phi) is 2.71. The number of anilines is 1. The van der Waals surface area contributed by atoms with Crippen molar-refractivity contribution in [3.63, 3.8) is 0 Å². The second-order valence-corrected chi connectivity index (χ2v) is 4.89. The molecule has 100 valence electrons. The van der Waals surface area contributed by atoms with E-state index in [-0.39, 0.29) is 0 Å². The Balaban J connectivity index is 2.33. The van der Waals surface area contributed by atoms with E-state index < -0.39 is 5.91 Å². The highest BCUT2D eigenvalue weighted by Gasteiger charge is 2.13. The van der Waals surface area contributed by atoms with E-state index in [0.29, 0.717) is 11.3 Å². The van der Waals surface area contributed by atoms with Gasteiger partial charge in [0.05, 0.1) is 11.1 Å². The van der Waals surface area contributed by atoms with Gasteiger partial charge in [0.2, 0.25) is 0 Å². The maximum absolute atomic E-state index is 11.5. The summed E-state index contributed by atoms with van der Waals surface area (Å²) < 4.78 is 0. The summed E-state index contributed by atoms with van der Waals surface area (Å²) in [5.74, 6) is -0.434. The van der Waals surface area contributed by atoms with Crippen LogP contribution < -0.4 is 11.5 Å². The zero-order valence-electron chi connectivity index (χ0n) is 11.1. The van der Waals surface area contributed by atoms with Crippen LogP contribution in [0.2, 0.25) is 0 Å². The van der Waals surface area contributed by atoms with E-state index in [1.165, 1.54) is 0 Å². The summed E-state index contributed by atoms with van der Waals surface area (Å²) >= 11 is 0. The Hall–Kier alpha value is -2.75. The molecule has 3 aromatic rings. The van der Waals surface area contributed by atoms with Crippen molar-refractivity contribution in [3.05, 3.63) is 53.7 Å². The minimum absolute atomic E-state index is 0.434. The minimum atomic E-state index is -0.434. The number of nitrogens with one attached hydrogen (secondary N) is 1. The van der Waals surface area contributed by atoms with Crippen LogP contribution in [0.1, 0.15) is 16.1 Å². The van der Waals surface area contributed by atoms with E-state index in [1.54, 1.807) is 6.07 Å². The third kappa shape index (κ3) is 1.91. The lowest BCUT2D eigenvalue weighted by atomic mass is 9.98. The van der Waals surface area contributed by atoms with Gasteiger partial charge in [-0.15, -0.1) is 0 Å². The number of amides is 1. The van der Waals surface area contributed by atoms with Crippen LogP contribution in [0.15, 0.2) is 42.5 Å². The first-order chi connectivity index (χ1) is 9.56. The van der Waals surface area contributed by atoms with Crippen molar-refractivity contribution in [1.29, 1.82) is 0 Å². The first kappa shape index (κ1) is 12.3. The number of fused-ring (bicyclic) bond motifs is 1. The Morgan fingerprint density at radius 2 is 1.95 bits per heavy atom. The molecule has 0 bridgehead atoms. The highest BCUT2D eigenvalue weighted by atomic mass is 16.1. The van der Waals surface area contributed by atoms with Crippen LogP contribution in [-0.2, 0) is 0 Å². The third-order valence-corrected chi connectivity index (χ3v) is 3.39. The Bertz CT molecular complexity index is 818. The second-order valence-electron chi connectivity index (χ2n) is 4.89. The lowest BCUT2D eigenvalue weighted by Crippen LogP contribution is -2.11. The number of aromatic amines is 1. The molecule has 20 heavy (non-hydrogen) atoms. The van der Waals surface area contributed by atoms with Crippen molar-refractivity contribution in [3.8, 4) is 11.1 Å². The molecule has 4 nitrogen and oxygen atoms in total. The smallest absolute Gasteiger partial charge is 0.250 e. The molecule has 1 aromatic heterocycles. The highest BCUT2D eigenvalue weighted by molar-refractivity contribution is 6.09. The second kappa shape index (κ2) is 4.42. The third-order valence-electron chi connectivity index (χ3n) is 3.39. The van der Waals surface area contributed by atoms with Gasteiger partial charge in [0.15, 0.2) is 0 Å². The number of hydrogen-bond donors (Lipinski definition) is 3. The van der Waals surface area contributed by atoms with E-state index in [1.807, 2.05) is 43.3 Å². The van der Waals surface area contributed by atoms with Crippen LogP contribution in [0.25, 0.3) is 22.0 Å². The summed E-state index contributed by atoms with van der Waals surface area (Å²) in [7, 11) is 0. The van der Waals surface area contributed by atoms with Crippen molar-refractivity contribution in [2.75, 3.05) is 5.73 Å². The van der Waals surface area contributed by atoms with Crippen molar-refractivity contribution >= 4 is 22.5 Å². The molecule has 0 saturated carbocycles. The monoisotopic (exact) mass is 265 g/mol. The summed E-state index contributed by atoms with van der Waals surface area (Å²) in [6.45, 7) is 1.95. The average Bonchev–Trinajstić information content (AvgIpc) is 2.78. The van der Waals surface area contributed by atoms with E-state index in [2.05, 4.69) is 4.98 Å². The number of benzene rings is 2. The van der Waals surface area contributed by atoms with E-state index in [4.69, 9.17) is 11.5 Å². The topological polar surface area (TPSA) is 84.9 Å². The first-order valence-corrected chi connectivity index (χ1v) is 6.34. The van der Waals surface area contributed by atoms with Gasteiger partial charge < -0.3 is 16.5 Å². The molecule has 0 unspecified atom stereocenters. The lowest BCUT2D eigenvalue weighted by Gasteiger charge is -2.07. The molecular formula is C16H15N3O. The van der Waals surface area contributed by atoms with Gasteiger partial charge in [0.1, 0.15) is 0 Å². The fourth-order valence-corrected chi connectivity index (χ4v) is 2.52. The van der Waals surface area contributed by atoms with Crippen LogP contribution in [0.5, 0.6) is 0 Å². The van der Waals surface area contributed by atoms with Gasteiger partial charge in [-0.2, -0.15) is 0 Å². The maximum Gasteiger partial charge on any atom is 0.250 e. The molecular weight excluding hydrogens is 250 g/mol. The van der Waals surface area contributed by atoms with Crippen LogP contribution in [0, 0.1) is 6.92 Å². The molecule has 0 aliphatic heterocycles. The van der Waals surface area contributed by atoms with Crippen molar-refractivity contribution in [1.82, 2.24) is 4.98 Å². The fraction of sp³-hybridized carbons (Fsp3) is 0.0625. The Morgan fingerprint density at radius 3 is 2.65 bits per heavy atom. The Labute approximate surface area is 116 Å². The predicted molar refractivity (Wildman–Crippen MR) is 81.4 cm³/mol. The van der Waals surface area contributed by atoms with E-state index >= 15 is 0 Å². The maximum atomic E-state index is 11.5. The van der Waals surface area contributed by atoms with Gasteiger partial charge in [-0.05, 0) is 42.3 Å². The molecule has 4 heteroatoms. The number of carbonyl (C=O) groups excluding carboxylic acids is 1. The van der Waals surface area contributed by atoms with Crippen molar-refractivity contribution in [2.24, 2.45) is 5.73 Å². The zero-order valence-corrected chi connectivity index (χ0v) is 11.1. The number of nitrogen functional groups attached to an aromatic ring is 1. The number of nitrogens with two attached hydrogens (primary N) is 2. The normalized spacial score (nSPS) is 10.8. The highest BCUT2D eigenvalue weighted by Crippen LogP contribution is 2.32. The molecule has 1 amide bonds. The molecule has 0 aliphatic carbocycles. The summed E-state index contributed by atoms with van der Waals surface area (Å²) in [4.78, 5) is 14.7. The number of H-pyrrole nitrogens is 1. The molecule has 0 radical (unpaired) electrons. The molecule has 2 aromatic carbocycles. The number of carbonyl (C=O) groups is 1. The quantitative estimate of drug-likeness (QED) is 0.622. The van der Waals surface area contributed by atoms with Gasteiger partial charge in [-0.3, -0.25) is 4.79 Å². The molecule has 0 saturated heterocycles. The molecule has 0 spiro atoms. The molecule has 3 rings (SSSR count). The molecule has 0 atom stereocenters. The van der Waals surface area contributed by atoms with Gasteiger partial charge in [0, 0.05) is 16.8 Å². The summed E-state index contributed by atoms with van der Waals surface area (Å²) in [5, 5.41) is 0.976. The van der Waals surface area contributed by atoms with Gasteiger partial charge in [-0.25, -0.2) is 0 Å². The largest absolute Gasteiger partial charge is 0.399 e. The number of rotatable bonds is 2. The summed E-state index contributed by atoms with van der Waals surface area (Å²) in [6.07, 6.45) is 0. The van der Waals surface area contributed by atoms with Gasteiger partial charge >= 0.3 is 0 Å². The number of hydrogen-bond acceptors (Lipinski definition) is 2. The number of aryl methyl sites for hydroxylation is 1. The van der Waals surface area contributed by atoms with Crippen LogP contribution in [0.3, 0.4) is 0 Å². The molecule has 0 fully saturated rings. The van der Waals surface area contributed by atoms with Crippen molar-refractivity contribution in [2.45, 2.75) is 6.92 Å². The molecule has 1 heterocycles. The number of primary amides is 1. The van der Waals surface area contributed by atoms with E-state index in [9.17, 15) is 4.79 Å².